The van der Waals surface area contributed by atoms with Crippen LogP contribution in [-0.4, -0.2) is 34.9 Å². The molecular weight excluding hydrogens is 144 g/mol. The first-order chi connectivity index (χ1) is 5.47. The number of rotatable bonds is 1. The summed E-state index contributed by atoms with van der Waals surface area (Å²) in [5.74, 6) is 0.852. The molecule has 1 aliphatic rings. The van der Waals surface area contributed by atoms with Gasteiger partial charge in [0.05, 0.1) is 19.3 Å². The van der Waals surface area contributed by atoms with Crippen LogP contribution in [0, 0.1) is 0 Å². The van der Waals surface area contributed by atoms with E-state index in [-0.39, 0.29) is 6.04 Å². The number of nitrogens with one attached hydrogen (secondary N) is 2. The predicted molar refractivity (Wildman–Crippen MR) is 37.9 cm³/mol. The van der Waals surface area contributed by atoms with E-state index in [0.29, 0.717) is 6.61 Å². The van der Waals surface area contributed by atoms with Gasteiger partial charge < -0.3 is 10.1 Å². The molecule has 1 atom stereocenters. The molecule has 0 saturated carbocycles. The van der Waals surface area contributed by atoms with Gasteiger partial charge in [0, 0.05) is 6.54 Å². The van der Waals surface area contributed by atoms with E-state index in [9.17, 15) is 0 Å². The summed E-state index contributed by atoms with van der Waals surface area (Å²) in [4.78, 5) is 4.03. The Hall–Kier alpha value is -0.940. The van der Waals surface area contributed by atoms with E-state index in [4.69, 9.17) is 4.74 Å². The number of hydrogen-bond acceptors (Lipinski definition) is 4. The van der Waals surface area contributed by atoms with Crippen molar-refractivity contribution in [3.8, 4) is 0 Å². The summed E-state index contributed by atoms with van der Waals surface area (Å²) in [5.41, 5.74) is 0. The Kier molecular flexibility index (Phi) is 1.83. The first-order valence-corrected chi connectivity index (χ1v) is 3.63. The van der Waals surface area contributed by atoms with Crippen molar-refractivity contribution in [2.75, 3.05) is 19.8 Å². The van der Waals surface area contributed by atoms with Gasteiger partial charge in [0.25, 0.3) is 0 Å². The minimum Gasteiger partial charge on any atom is -0.378 e. The van der Waals surface area contributed by atoms with Crippen molar-refractivity contribution < 1.29 is 4.74 Å². The second-order valence-electron chi connectivity index (χ2n) is 2.45. The molecule has 60 valence electrons. The van der Waals surface area contributed by atoms with Crippen molar-refractivity contribution in [2.24, 2.45) is 0 Å². The van der Waals surface area contributed by atoms with Gasteiger partial charge in [-0.25, -0.2) is 4.98 Å². The maximum atomic E-state index is 5.26. The average molecular weight is 154 g/mol. The zero-order valence-corrected chi connectivity index (χ0v) is 6.08. The monoisotopic (exact) mass is 154 g/mol. The van der Waals surface area contributed by atoms with Crippen LogP contribution < -0.4 is 5.32 Å². The zero-order valence-electron chi connectivity index (χ0n) is 6.08. The van der Waals surface area contributed by atoms with Crippen molar-refractivity contribution in [1.29, 1.82) is 0 Å². The summed E-state index contributed by atoms with van der Waals surface area (Å²) >= 11 is 0. The number of aromatic nitrogens is 3. The van der Waals surface area contributed by atoms with Crippen LogP contribution in [0.3, 0.4) is 0 Å². The molecule has 0 amide bonds. The fraction of sp³-hybridized carbons (Fsp3) is 0.667. The minimum absolute atomic E-state index is 0.186. The standard InChI is InChI=1S/C6H10N4O/c1-2-11-3-5(7-1)6-8-4-9-10-6/h4-5,7H,1-3H2,(H,8,9,10)/t5-/m0/s1. The molecule has 2 N–H and O–H groups in total. The Bertz CT molecular complexity index is 204. The lowest BCUT2D eigenvalue weighted by atomic mass is 10.3. The van der Waals surface area contributed by atoms with Gasteiger partial charge in [0.15, 0.2) is 0 Å². The first-order valence-electron chi connectivity index (χ1n) is 3.63. The highest BCUT2D eigenvalue weighted by molar-refractivity contribution is 4.92. The second kappa shape index (κ2) is 2.98. The van der Waals surface area contributed by atoms with Crippen LogP contribution in [0.4, 0.5) is 0 Å². The molecule has 5 heteroatoms. The number of morpholine rings is 1. The SMILES string of the molecule is c1n[nH]c([C@@H]2COCCN2)n1. The van der Waals surface area contributed by atoms with Crippen LogP contribution in [-0.2, 0) is 4.74 Å². The molecule has 0 aromatic carbocycles. The fourth-order valence-electron chi connectivity index (χ4n) is 1.12. The van der Waals surface area contributed by atoms with E-state index >= 15 is 0 Å². The van der Waals surface area contributed by atoms with E-state index in [2.05, 4.69) is 20.5 Å². The molecule has 0 bridgehead atoms. The molecular formula is C6H10N4O. The molecule has 5 nitrogen and oxygen atoms in total. The Balaban J connectivity index is 2.04. The van der Waals surface area contributed by atoms with Gasteiger partial charge in [0.2, 0.25) is 0 Å². The molecule has 1 aromatic heterocycles. The third kappa shape index (κ3) is 1.38. The highest BCUT2D eigenvalue weighted by Crippen LogP contribution is 2.08. The lowest BCUT2D eigenvalue weighted by Gasteiger charge is -2.21. The van der Waals surface area contributed by atoms with Crippen molar-refractivity contribution >= 4 is 0 Å². The second-order valence-corrected chi connectivity index (χ2v) is 2.45. The number of H-pyrrole nitrogens is 1. The fourth-order valence-corrected chi connectivity index (χ4v) is 1.12. The van der Waals surface area contributed by atoms with Crippen LogP contribution in [0.5, 0.6) is 0 Å². The molecule has 1 fully saturated rings. The normalized spacial score (nSPS) is 25.3. The minimum atomic E-state index is 0.186. The van der Waals surface area contributed by atoms with Crippen molar-refractivity contribution in [2.45, 2.75) is 6.04 Å². The summed E-state index contributed by atoms with van der Waals surface area (Å²) in [6, 6.07) is 0.186. The summed E-state index contributed by atoms with van der Waals surface area (Å²) in [5, 5.41) is 9.83. The highest BCUT2D eigenvalue weighted by atomic mass is 16.5. The largest absolute Gasteiger partial charge is 0.378 e. The summed E-state index contributed by atoms with van der Waals surface area (Å²) in [6.07, 6.45) is 1.51. The van der Waals surface area contributed by atoms with E-state index in [0.717, 1.165) is 19.0 Å². The van der Waals surface area contributed by atoms with Crippen LogP contribution in [0.15, 0.2) is 6.33 Å². The highest BCUT2D eigenvalue weighted by Gasteiger charge is 2.16. The van der Waals surface area contributed by atoms with Crippen LogP contribution >= 0.6 is 0 Å². The molecule has 1 aliphatic heterocycles. The molecule has 2 heterocycles. The quantitative estimate of drug-likeness (QED) is 0.570. The number of hydrogen-bond donors (Lipinski definition) is 2. The third-order valence-corrected chi connectivity index (χ3v) is 1.69. The van der Waals surface area contributed by atoms with Gasteiger partial charge in [-0.3, -0.25) is 5.10 Å². The molecule has 11 heavy (non-hydrogen) atoms. The number of ether oxygens (including phenoxy) is 1. The van der Waals surface area contributed by atoms with Crippen LogP contribution in [0.1, 0.15) is 11.9 Å². The maximum Gasteiger partial charge on any atom is 0.143 e. The van der Waals surface area contributed by atoms with Crippen LogP contribution in [0.2, 0.25) is 0 Å². The summed E-state index contributed by atoms with van der Waals surface area (Å²) in [7, 11) is 0. The van der Waals surface area contributed by atoms with E-state index in [1.165, 1.54) is 6.33 Å². The molecule has 0 aliphatic carbocycles. The number of nitrogens with zero attached hydrogens (tertiary/aromatic N) is 2. The van der Waals surface area contributed by atoms with Crippen molar-refractivity contribution in [1.82, 2.24) is 20.5 Å². The lowest BCUT2D eigenvalue weighted by Crippen LogP contribution is -2.35. The topological polar surface area (TPSA) is 62.8 Å². The summed E-state index contributed by atoms with van der Waals surface area (Å²) in [6.45, 7) is 2.34. The number of aromatic amines is 1. The molecule has 0 radical (unpaired) electrons. The third-order valence-electron chi connectivity index (χ3n) is 1.69. The Morgan fingerprint density at radius 3 is 3.27 bits per heavy atom. The maximum absolute atomic E-state index is 5.26. The average Bonchev–Trinajstić information content (AvgIpc) is 2.58. The molecule has 1 saturated heterocycles. The van der Waals surface area contributed by atoms with Gasteiger partial charge in [-0.1, -0.05) is 0 Å². The Morgan fingerprint density at radius 2 is 2.64 bits per heavy atom. The molecule has 2 rings (SSSR count). The van der Waals surface area contributed by atoms with Crippen LogP contribution in [0.25, 0.3) is 0 Å². The van der Waals surface area contributed by atoms with E-state index in [1.54, 1.807) is 0 Å². The van der Waals surface area contributed by atoms with Gasteiger partial charge in [-0.2, -0.15) is 5.10 Å². The zero-order chi connectivity index (χ0) is 7.52. The van der Waals surface area contributed by atoms with E-state index < -0.39 is 0 Å². The Morgan fingerprint density at radius 1 is 1.64 bits per heavy atom. The molecule has 0 unspecified atom stereocenters. The predicted octanol–water partition coefficient (Wildman–Crippen LogP) is -0.534. The van der Waals surface area contributed by atoms with Gasteiger partial charge in [-0.15, -0.1) is 0 Å². The molecule has 1 aromatic rings. The van der Waals surface area contributed by atoms with Gasteiger partial charge in [-0.05, 0) is 0 Å². The Labute approximate surface area is 64.2 Å². The lowest BCUT2D eigenvalue weighted by molar-refractivity contribution is 0.0743. The van der Waals surface area contributed by atoms with Gasteiger partial charge in [0.1, 0.15) is 12.2 Å². The summed E-state index contributed by atoms with van der Waals surface area (Å²) < 4.78 is 5.26. The smallest absolute Gasteiger partial charge is 0.143 e. The first kappa shape index (κ1) is 6.75. The van der Waals surface area contributed by atoms with E-state index in [1.807, 2.05) is 0 Å². The molecule has 0 spiro atoms. The van der Waals surface area contributed by atoms with Crippen molar-refractivity contribution in [3.63, 3.8) is 0 Å². The van der Waals surface area contributed by atoms with Gasteiger partial charge >= 0.3 is 0 Å². The van der Waals surface area contributed by atoms with Crippen molar-refractivity contribution in [3.05, 3.63) is 12.2 Å².